The lowest BCUT2D eigenvalue weighted by atomic mass is 10.2. The van der Waals surface area contributed by atoms with Crippen molar-refractivity contribution in [1.82, 2.24) is 4.90 Å². The van der Waals surface area contributed by atoms with E-state index >= 15 is 0 Å². The molecule has 1 aliphatic rings. The zero-order valence-electron chi connectivity index (χ0n) is 13.4. The molecule has 120 valence electrons. The van der Waals surface area contributed by atoms with Gasteiger partial charge in [-0.05, 0) is 42.7 Å². The van der Waals surface area contributed by atoms with Crippen molar-refractivity contribution >= 4 is 5.91 Å². The number of carbonyl (C=O) groups excluding carboxylic acids is 1. The molecule has 0 bridgehead atoms. The average Bonchev–Trinajstić information content (AvgIpc) is 2.90. The van der Waals surface area contributed by atoms with Crippen LogP contribution in [-0.4, -0.2) is 23.9 Å². The third-order valence-electron chi connectivity index (χ3n) is 4.24. The fourth-order valence-corrected chi connectivity index (χ4v) is 2.89. The van der Waals surface area contributed by atoms with Gasteiger partial charge in [-0.2, -0.15) is 0 Å². The van der Waals surface area contributed by atoms with Crippen LogP contribution in [0.5, 0.6) is 5.75 Å². The first kappa shape index (κ1) is 15.6. The maximum Gasteiger partial charge on any atom is 0.253 e. The van der Waals surface area contributed by atoms with E-state index in [4.69, 9.17) is 4.74 Å². The number of hydrogen-bond acceptors (Lipinski definition) is 2. The average molecular weight is 309 g/mol. The zero-order chi connectivity index (χ0) is 15.9. The molecule has 0 aliphatic carbocycles. The van der Waals surface area contributed by atoms with Gasteiger partial charge in [0.05, 0.1) is 0 Å². The lowest BCUT2D eigenvalue weighted by Gasteiger charge is -2.20. The molecule has 2 aromatic rings. The van der Waals surface area contributed by atoms with E-state index in [0.717, 1.165) is 42.8 Å². The first-order valence-corrected chi connectivity index (χ1v) is 8.39. The van der Waals surface area contributed by atoms with Gasteiger partial charge in [-0.25, -0.2) is 0 Å². The molecular formula is C20H23NO2. The Hall–Kier alpha value is -2.29. The van der Waals surface area contributed by atoms with Crippen molar-refractivity contribution in [3.8, 4) is 5.75 Å². The molecule has 1 saturated heterocycles. The molecule has 1 amide bonds. The zero-order valence-corrected chi connectivity index (χ0v) is 13.4. The molecule has 1 heterocycles. The summed E-state index contributed by atoms with van der Waals surface area (Å²) in [5, 5.41) is 0. The molecule has 1 fully saturated rings. The Morgan fingerprint density at radius 2 is 1.52 bits per heavy atom. The van der Waals surface area contributed by atoms with Crippen molar-refractivity contribution in [1.29, 1.82) is 0 Å². The van der Waals surface area contributed by atoms with Gasteiger partial charge in [0.2, 0.25) is 0 Å². The van der Waals surface area contributed by atoms with E-state index in [-0.39, 0.29) is 5.91 Å². The minimum absolute atomic E-state index is 0.140. The van der Waals surface area contributed by atoms with Crippen LogP contribution in [0.1, 0.15) is 41.6 Å². The van der Waals surface area contributed by atoms with Crippen LogP contribution in [0.4, 0.5) is 0 Å². The highest BCUT2D eigenvalue weighted by atomic mass is 16.5. The molecular weight excluding hydrogens is 286 g/mol. The van der Waals surface area contributed by atoms with Crippen molar-refractivity contribution in [2.75, 3.05) is 13.1 Å². The minimum Gasteiger partial charge on any atom is -0.489 e. The summed E-state index contributed by atoms with van der Waals surface area (Å²) in [6.45, 7) is 2.30. The second kappa shape index (κ2) is 7.82. The van der Waals surface area contributed by atoms with E-state index in [1.165, 1.54) is 12.8 Å². The van der Waals surface area contributed by atoms with E-state index in [9.17, 15) is 4.79 Å². The van der Waals surface area contributed by atoms with E-state index < -0.39 is 0 Å². The first-order valence-electron chi connectivity index (χ1n) is 8.39. The minimum atomic E-state index is 0.140. The standard InChI is InChI=1S/C20H23NO2/c22-20(21-14-6-1-2-7-15-21)18-10-12-19(13-11-18)23-16-17-8-4-3-5-9-17/h3-5,8-13H,1-2,6-7,14-16H2. The molecule has 0 aromatic heterocycles. The summed E-state index contributed by atoms with van der Waals surface area (Å²) >= 11 is 0. The normalized spacial score (nSPS) is 15.0. The van der Waals surface area contributed by atoms with Crippen molar-refractivity contribution in [3.05, 3.63) is 65.7 Å². The van der Waals surface area contributed by atoms with Gasteiger partial charge in [-0.15, -0.1) is 0 Å². The largest absolute Gasteiger partial charge is 0.489 e. The molecule has 2 aromatic carbocycles. The Morgan fingerprint density at radius 1 is 0.870 bits per heavy atom. The number of rotatable bonds is 4. The summed E-state index contributed by atoms with van der Waals surface area (Å²) in [4.78, 5) is 14.5. The fourth-order valence-electron chi connectivity index (χ4n) is 2.89. The predicted molar refractivity (Wildman–Crippen MR) is 91.6 cm³/mol. The van der Waals surface area contributed by atoms with Gasteiger partial charge in [0.1, 0.15) is 12.4 Å². The Bertz CT molecular complexity index is 614. The highest BCUT2D eigenvalue weighted by Gasteiger charge is 2.17. The Labute approximate surface area is 137 Å². The molecule has 0 unspecified atom stereocenters. The Morgan fingerprint density at radius 3 is 2.17 bits per heavy atom. The van der Waals surface area contributed by atoms with Gasteiger partial charge in [0.25, 0.3) is 5.91 Å². The topological polar surface area (TPSA) is 29.5 Å². The molecule has 0 atom stereocenters. The van der Waals surface area contributed by atoms with Gasteiger partial charge in [0, 0.05) is 18.7 Å². The number of hydrogen-bond donors (Lipinski definition) is 0. The molecule has 3 heteroatoms. The number of benzene rings is 2. The van der Waals surface area contributed by atoms with Crippen LogP contribution in [0.2, 0.25) is 0 Å². The molecule has 0 radical (unpaired) electrons. The monoisotopic (exact) mass is 309 g/mol. The second-order valence-corrected chi connectivity index (χ2v) is 6.01. The maximum atomic E-state index is 12.5. The third-order valence-corrected chi connectivity index (χ3v) is 4.24. The number of ether oxygens (including phenoxy) is 1. The van der Waals surface area contributed by atoms with Gasteiger partial charge in [-0.1, -0.05) is 43.2 Å². The SMILES string of the molecule is O=C(c1ccc(OCc2ccccc2)cc1)N1CCCCCC1. The molecule has 23 heavy (non-hydrogen) atoms. The molecule has 0 spiro atoms. The highest BCUT2D eigenvalue weighted by molar-refractivity contribution is 5.94. The molecule has 0 saturated carbocycles. The van der Waals surface area contributed by atoms with Crippen LogP contribution in [0.25, 0.3) is 0 Å². The van der Waals surface area contributed by atoms with Crippen LogP contribution in [0.3, 0.4) is 0 Å². The predicted octanol–water partition coefficient (Wildman–Crippen LogP) is 4.28. The molecule has 3 rings (SSSR count). The summed E-state index contributed by atoms with van der Waals surface area (Å²) in [5.74, 6) is 0.933. The summed E-state index contributed by atoms with van der Waals surface area (Å²) in [6.07, 6.45) is 4.69. The second-order valence-electron chi connectivity index (χ2n) is 6.01. The smallest absolute Gasteiger partial charge is 0.253 e. The number of carbonyl (C=O) groups is 1. The molecule has 1 aliphatic heterocycles. The fraction of sp³-hybridized carbons (Fsp3) is 0.350. The summed E-state index contributed by atoms with van der Waals surface area (Å²) in [6, 6.07) is 17.6. The highest BCUT2D eigenvalue weighted by Crippen LogP contribution is 2.17. The lowest BCUT2D eigenvalue weighted by molar-refractivity contribution is 0.0761. The van der Waals surface area contributed by atoms with Crippen molar-refractivity contribution < 1.29 is 9.53 Å². The molecule has 0 N–H and O–H groups in total. The van der Waals surface area contributed by atoms with Crippen LogP contribution >= 0.6 is 0 Å². The van der Waals surface area contributed by atoms with E-state index in [1.807, 2.05) is 59.5 Å². The van der Waals surface area contributed by atoms with E-state index in [0.29, 0.717) is 6.61 Å². The Balaban J connectivity index is 1.59. The number of likely N-dealkylation sites (tertiary alicyclic amines) is 1. The van der Waals surface area contributed by atoms with Crippen LogP contribution < -0.4 is 4.74 Å². The van der Waals surface area contributed by atoms with Gasteiger partial charge in [-0.3, -0.25) is 4.79 Å². The summed E-state index contributed by atoms with van der Waals surface area (Å²) < 4.78 is 5.77. The van der Waals surface area contributed by atoms with Gasteiger partial charge < -0.3 is 9.64 Å². The van der Waals surface area contributed by atoms with Crippen molar-refractivity contribution in [3.63, 3.8) is 0 Å². The third kappa shape index (κ3) is 4.35. The van der Waals surface area contributed by atoms with E-state index in [1.54, 1.807) is 0 Å². The number of nitrogens with zero attached hydrogens (tertiary/aromatic N) is 1. The summed E-state index contributed by atoms with van der Waals surface area (Å²) in [7, 11) is 0. The van der Waals surface area contributed by atoms with Crippen molar-refractivity contribution in [2.45, 2.75) is 32.3 Å². The van der Waals surface area contributed by atoms with Gasteiger partial charge in [0.15, 0.2) is 0 Å². The molecule has 3 nitrogen and oxygen atoms in total. The number of amides is 1. The quantitative estimate of drug-likeness (QED) is 0.843. The first-order chi connectivity index (χ1) is 11.3. The van der Waals surface area contributed by atoms with Crippen LogP contribution in [0, 0.1) is 0 Å². The maximum absolute atomic E-state index is 12.5. The van der Waals surface area contributed by atoms with Gasteiger partial charge >= 0.3 is 0 Å². The Kier molecular flexibility index (Phi) is 5.30. The van der Waals surface area contributed by atoms with Crippen LogP contribution in [0.15, 0.2) is 54.6 Å². The summed E-state index contributed by atoms with van der Waals surface area (Å²) in [5.41, 5.74) is 1.89. The van der Waals surface area contributed by atoms with Crippen molar-refractivity contribution in [2.24, 2.45) is 0 Å². The lowest BCUT2D eigenvalue weighted by Crippen LogP contribution is -2.31. The van der Waals surface area contributed by atoms with Crippen LogP contribution in [-0.2, 0) is 6.61 Å². The van der Waals surface area contributed by atoms with E-state index in [2.05, 4.69) is 0 Å².